The lowest BCUT2D eigenvalue weighted by Gasteiger charge is -2.26. The number of benzene rings is 1. The second-order valence-electron chi connectivity index (χ2n) is 5.85. The third-order valence-electron chi connectivity index (χ3n) is 3.76. The standard InChI is InChI=1S/C18H24N2O/c1-14(2)20(16(4)21)13-18-6-5-11-19(18)12-17-9-7-15(3)8-10-17/h5-11,14H,12-13H2,1-4H3. The maximum absolute atomic E-state index is 11.7. The summed E-state index contributed by atoms with van der Waals surface area (Å²) in [5.41, 5.74) is 3.71. The Hall–Kier alpha value is -2.03. The summed E-state index contributed by atoms with van der Waals surface area (Å²) in [4.78, 5) is 13.6. The van der Waals surface area contributed by atoms with Crippen molar-refractivity contribution < 1.29 is 4.79 Å². The van der Waals surface area contributed by atoms with E-state index in [-0.39, 0.29) is 11.9 Å². The Balaban J connectivity index is 2.14. The largest absolute Gasteiger partial charge is 0.345 e. The molecule has 0 saturated heterocycles. The van der Waals surface area contributed by atoms with Crippen molar-refractivity contribution in [2.75, 3.05) is 0 Å². The van der Waals surface area contributed by atoms with Gasteiger partial charge >= 0.3 is 0 Å². The minimum atomic E-state index is 0.119. The van der Waals surface area contributed by atoms with Crippen LogP contribution in [0, 0.1) is 6.92 Å². The Labute approximate surface area is 127 Å². The average Bonchev–Trinajstić information content (AvgIpc) is 2.85. The van der Waals surface area contributed by atoms with Crippen LogP contribution in [-0.4, -0.2) is 21.4 Å². The molecule has 0 aliphatic carbocycles. The first-order valence-corrected chi connectivity index (χ1v) is 7.44. The van der Waals surface area contributed by atoms with Gasteiger partial charge in [-0.1, -0.05) is 29.8 Å². The third-order valence-corrected chi connectivity index (χ3v) is 3.76. The molecule has 2 rings (SSSR count). The van der Waals surface area contributed by atoms with Crippen molar-refractivity contribution in [1.29, 1.82) is 0 Å². The molecule has 21 heavy (non-hydrogen) atoms. The van der Waals surface area contributed by atoms with Gasteiger partial charge in [0.2, 0.25) is 5.91 Å². The van der Waals surface area contributed by atoms with Crippen LogP contribution in [0.3, 0.4) is 0 Å². The van der Waals surface area contributed by atoms with E-state index in [2.05, 4.69) is 61.9 Å². The van der Waals surface area contributed by atoms with Gasteiger partial charge in [-0.15, -0.1) is 0 Å². The van der Waals surface area contributed by atoms with E-state index < -0.39 is 0 Å². The molecule has 0 aliphatic rings. The van der Waals surface area contributed by atoms with E-state index in [1.165, 1.54) is 16.8 Å². The Morgan fingerprint density at radius 2 is 1.86 bits per heavy atom. The van der Waals surface area contributed by atoms with Crippen molar-refractivity contribution in [3.63, 3.8) is 0 Å². The van der Waals surface area contributed by atoms with E-state index in [1.54, 1.807) is 6.92 Å². The summed E-state index contributed by atoms with van der Waals surface area (Å²) in [6.07, 6.45) is 2.08. The second kappa shape index (κ2) is 6.61. The molecule has 0 atom stereocenters. The van der Waals surface area contributed by atoms with Crippen LogP contribution in [0.15, 0.2) is 42.6 Å². The van der Waals surface area contributed by atoms with Crippen molar-refractivity contribution in [2.24, 2.45) is 0 Å². The number of nitrogens with zero attached hydrogens (tertiary/aromatic N) is 2. The summed E-state index contributed by atoms with van der Waals surface area (Å²) >= 11 is 0. The van der Waals surface area contributed by atoms with Crippen molar-refractivity contribution in [3.05, 3.63) is 59.4 Å². The fourth-order valence-electron chi connectivity index (χ4n) is 2.47. The van der Waals surface area contributed by atoms with Crippen molar-refractivity contribution in [2.45, 2.75) is 46.8 Å². The van der Waals surface area contributed by atoms with Gasteiger partial charge in [-0.2, -0.15) is 0 Å². The summed E-state index contributed by atoms with van der Waals surface area (Å²) in [5, 5.41) is 0. The molecule has 0 aliphatic heterocycles. The molecule has 0 N–H and O–H groups in total. The molecule has 112 valence electrons. The van der Waals surface area contributed by atoms with E-state index in [4.69, 9.17) is 0 Å². The van der Waals surface area contributed by atoms with Crippen molar-refractivity contribution in [1.82, 2.24) is 9.47 Å². The molecular weight excluding hydrogens is 260 g/mol. The minimum absolute atomic E-state index is 0.119. The highest BCUT2D eigenvalue weighted by Gasteiger charge is 2.15. The highest BCUT2D eigenvalue weighted by atomic mass is 16.2. The molecule has 1 amide bonds. The summed E-state index contributed by atoms with van der Waals surface area (Å²) in [7, 11) is 0. The molecule has 2 aromatic rings. The molecule has 3 nitrogen and oxygen atoms in total. The van der Waals surface area contributed by atoms with Crippen LogP contribution < -0.4 is 0 Å². The van der Waals surface area contributed by atoms with Crippen LogP contribution in [0.1, 0.15) is 37.6 Å². The van der Waals surface area contributed by atoms with Gasteiger partial charge in [-0.25, -0.2) is 0 Å². The Bertz CT molecular complexity index is 596. The van der Waals surface area contributed by atoms with Gasteiger partial charge in [0.15, 0.2) is 0 Å². The Morgan fingerprint density at radius 1 is 1.19 bits per heavy atom. The van der Waals surface area contributed by atoms with Crippen LogP contribution in [0.25, 0.3) is 0 Å². The summed E-state index contributed by atoms with van der Waals surface area (Å²) < 4.78 is 2.21. The topological polar surface area (TPSA) is 25.2 Å². The first-order valence-electron chi connectivity index (χ1n) is 7.44. The van der Waals surface area contributed by atoms with Crippen molar-refractivity contribution >= 4 is 5.91 Å². The highest BCUT2D eigenvalue weighted by molar-refractivity contribution is 5.73. The molecular formula is C18H24N2O. The number of hydrogen-bond acceptors (Lipinski definition) is 1. The van der Waals surface area contributed by atoms with E-state index in [0.717, 1.165) is 6.54 Å². The average molecular weight is 284 g/mol. The van der Waals surface area contributed by atoms with Gasteiger partial charge in [0.1, 0.15) is 0 Å². The molecule has 0 fully saturated rings. The van der Waals surface area contributed by atoms with E-state index in [9.17, 15) is 4.79 Å². The molecule has 0 unspecified atom stereocenters. The smallest absolute Gasteiger partial charge is 0.220 e. The van der Waals surface area contributed by atoms with Gasteiger partial charge < -0.3 is 9.47 Å². The molecule has 3 heteroatoms. The van der Waals surface area contributed by atoms with Crippen LogP contribution in [0.5, 0.6) is 0 Å². The second-order valence-corrected chi connectivity index (χ2v) is 5.85. The SMILES string of the molecule is CC(=O)N(Cc1cccn1Cc1ccc(C)cc1)C(C)C. The summed E-state index contributed by atoms with van der Waals surface area (Å²) in [6.45, 7) is 9.33. The van der Waals surface area contributed by atoms with Crippen LogP contribution in [0.4, 0.5) is 0 Å². The lowest BCUT2D eigenvalue weighted by atomic mass is 10.1. The number of amides is 1. The number of aryl methyl sites for hydroxylation is 1. The fraction of sp³-hybridized carbons (Fsp3) is 0.389. The first-order chi connectivity index (χ1) is 9.97. The number of aromatic nitrogens is 1. The quantitative estimate of drug-likeness (QED) is 0.823. The Kier molecular flexibility index (Phi) is 4.84. The highest BCUT2D eigenvalue weighted by Crippen LogP contribution is 2.13. The van der Waals surface area contributed by atoms with Gasteiger partial charge in [-0.3, -0.25) is 4.79 Å². The normalized spacial score (nSPS) is 10.9. The molecule has 0 spiro atoms. The lowest BCUT2D eigenvalue weighted by Crippen LogP contribution is -2.35. The zero-order valence-corrected chi connectivity index (χ0v) is 13.3. The first kappa shape index (κ1) is 15.4. The molecule has 1 aromatic carbocycles. The minimum Gasteiger partial charge on any atom is -0.345 e. The van der Waals surface area contributed by atoms with E-state index in [1.807, 2.05) is 11.0 Å². The van der Waals surface area contributed by atoms with Crippen LogP contribution in [0.2, 0.25) is 0 Å². The van der Waals surface area contributed by atoms with Crippen LogP contribution in [-0.2, 0) is 17.9 Å². The maximum atomic E-state index is 11.7. The predicted octanol–water partition coefficient (Wildman–Crippen LogP) is 3.60. The monoisotopic (exact) mass is 284 g/mol. The van der Waals surface area contributed by atoms with Gasteiger partial charge in [0.05, 0.1) is 6.54 Å². The molecule has 0 radical (unpaired) electrons. The van der Waals surface area contributed by atoms with Gasteiger partial charge in [0, 0.05) is 31.4 Å². The molecule has 1 aromatic heterocycles. The van der Waals surface area contributed by atoms with Gasteiger partial charge in [-0.05, 0) is 38.5 Å². The molecule has 0 bridgehead atoms. The number of hydrogen-bond donors (Lipinski definition) is 0. The molecule has 0 saturated carbocycles. The predicted molar refractivity (Wildman–Crippen MR) is 86.1 cm³/mol. The van der Waals surface area contributed by atoms with Gasteiger partial charge in [0.25, 0.3) is 0 Å². The number of carbonyl (C=O) groups excluding carboxylic acids is 1. The number of rotatable bonds is 5. The van der Waals surface area contributed by atoms with E-state index in [0.29, 0.717) is 6.54 Å². The lowest BCUT2D eigenvalue weighted by molar-refractivity contribution is -0.131. The molecule has 1 heterocycles. The third kappa shape index (κ3) is 3.97. The van der Waals surface area contributed by atoms with E-state index >= 15 is 0 Å². The maximum Gasteiger partial charge on any atom is 0.220 e. The zero-order valence-electron chi connectivity index (χ0n) is 13.3. The number of carbonyl (C=O) groups is 1. The fourth-order valence-corrected chi connectivity index (χ4v) is 2.47. The summed E-state index contributed by atoms with van der Waals surface area (Å²) in [5.74, 6) is 0.119. The Morgan fingerprint density at radius 3 is 2.43 bits per heavy atom. The van der Waals surface area contributed by atoms with Crippen LogP contribution >= 0.6 is 0 Å². The zero-order chi connectivity index (χ0) is 15.4. The van der Waals surface area contributed by atoms with Crippen molar-refractivity contribution in [3.8, 4) is 0 Å². The summed E-state index contributed by atoms with van der Waals surface area (Å²) in [6, 6.07) is 12.9.